The molecule has 2 nitrogen and oxygen atoms in total. The number of rotatable bonds is 3. The minimum Gasteiger partial charge on any atom is -0.375 e. The fraction of sp³-hybridized carbons (Fsp3) is 0.357. The Labute approximate surface area is 119 Å². The molecular formula is C14H15BrN2S. The van der Waals surface area contributed by atoms with Crippen molar-refractivity contribution in [2.45, 2.75) is 32.1 Å². The Morgan fingerprint density at radius 2 is 2.22 bits per heavy atom. The highest BCUT2D eigenvalue weighted by atomic mass is 79.9. The topological polar surface area (TPSA) is 38.9 Å². The summed E-state index contributed by atoms with van der Waals surface area (Å²) in [5, 5.41) is 0.708. The number of nitrogens with two attached hydrogens (primary N) is 1. The normalized spacial score (nSPS) is 15.0. The van der Waals surface area contributed by atoms with E-state index in [1.54, 1.807) is 11.3 Å². The van der Waals surface area contributed by atoms with Gasteiger partial charge in [-0.05, 0) is 37.0 Å². The number of benzene rings is 1. The summed E-state index contributed by atoms with van der Waals surface area (Å²) in [6.07, 6.45) is 3.49. The first kappa shape index (κ1) is 12.2. The lowest BCUT2D eigenvalue weighted by Crippen LogP contribution is -1.94. The lowest BCUT2D eigenvalue weighted by atomic mass is 10.0. The number of nitrogens with zero attached hydrogens (tertiary/aromatic N) is 1. The van der Waals surface area contributed by atoms with Crippen LogP contribution >= 0.6 is 27.3 Å². The molecule has 1 fully saturated rings. The summed E-state index contributed by atoms with van der Waals surface area (Å²) in [5.41, 5.74) is 9.78. The van der Waals surface area contributed by atoms with Crippen molar-refractivity contribution in [1.29, 1.82) is 0 Å². The van der Waals surface area contributed by atoms with E-state index in [9.17, 15) is 0 Å². The van der Waals surface area contributed by atoms with Crippen molar-refractivity contribution in [1.82, 2.24) is 4.98 Å². The number of aromatic nitrogens is 1. The van der Waals surface area contributed by atoms with Crippen LogP contribution in [-0.4, -0.2) is 4.98 Å². The molecule has 94 valence electrons. The second-order valence-corrected chi connectivity index (χ2v) is 6.81. The molecule has 0 aliphatic heterocycles. The Morgan fingerprint density at radius 3 is 2.94 bits per heavy atom. The Balaban J connectivity index is 1.94. The molecule has 0 unspecified atom stereocenters. The Kier molecular flexibility index (Phi) is 3.16. The average molecular weight is 323 g/mol. The maximum Gasteiger partial charge on any atom is 0.180 e. The molecule has 1 aliphatic carbocycles. The van der Waals surface area contributed by atoms with Crippen molar-refractivity contribution in [2.75, 3.05) is 5.73 Å². The molecule has 0 radical (unpaired) electrons. The van der Waals surface area contributed by atoms with Gasteiger partial charge in [-0.15, -0.1) is 11.3 Å². The molecule has 1 aliphatic rings. The molecule has 1 heterocycles. The van der Waals surface area contributed by atoms with E-state index in [-0.39, 0.29) is 0 Å². The van der Waals surface area contributed by atoms with Crippen LogP contribution in [-0.2, 0) is 6.42 Å². The molecule has 0 bridgehead atoms. The van der Waals surface area contributed by atoms with E-state index in [2.05, 4.69) is 46.0 Å². The highest BCUT2D eigenvalue weighted by Crippen LogP contribution is 2.43. The van der Waals surface area contributed by atoms with E-state index < -0.39 is 0 Å². The Morgan fingerprint density at radius 1 is 1.44 bits per heavy atom. The van der Waals surface area contributed by atoms with Crippen LogP contribution in [0.4, 0.5) is 5.13 Å². The molecule has 3 rings (SSSR count). The van der Waals surface area contributed by atoms with Crippen molar-refractivity contribution in [3.05, 3.63) is 44.4 Å². The van der Waals surface area contributed by atoms with Crippen LogP contribution in [0, 0.1) is 6.92 Å². The van der Waals surface area contributed by atoms with Crippen molar-refractivity contribution >= 4 is 32.4 Å². The van der Waals surface area contributed by atoms with Crippen molar-refractivity contribution < 1.29 is 0 Å². The molecule has 0 saturated heterocycles. The summed E-state index contributed by atoms with van der Waals surface area (Å²) in [4.78, 5) is 5.85. The van der Waals surface area contributed by atoms with Gasteiger partial charge in [0.1, 0.15) is 0 Å². The molecule has 0 spiro atoms. The first-order valence-corrected chi connectivity index (χ1v) is 7.75. The second-order valence-electron chi connectivity index (χ2n) is 4.84. The van der Waals surface area contributed by atoms with Gasteiger partial charge in [0, 0.05) is 21.7 Å². The molecule has 1 aromatic heterocycles. The zero-order valence-corrected chi connectivity index (χ0v) is 12.6. The van der Waals surface area contributed by atoms with E-state index in [0.29, 0.717) is 11.0 Å². The van der Waals surface area contributed by atoms with Crippen LogP contribution in [0.25, 0.3) is 0 Å². The Hall–Kier alpha value is -0.870. The van der Waals surface area contributed by atoms with Gasteiger partial charge in [0.15, 0.2) is 5.13 Å². The predicted octanol–water partition coefficient (Wildman–Crippen LogP) is 4.26. The molecule has 1 aromatic carbocycles. The largest absolute Gasteiger partial charge is 0.375 e. The van der Waals surface area contributed by atoms with Gasteiger partial charge in [-0.25, -0.2) is 4.98 Å². The lowest BCUT2D eigenvalue weighted by molar-refractivity contribution is 1.01. The van der Waals surface area contributed by atoms with Crippen molar-refractivity contribution in [3.8, 4) is 0 Å². The summed E-state index contributed by atoms with van der Waals surface area (Å²) < 4.78 is 1.17. The van der Waals surface area contributed by atoms with Gasteiger partial charge in [0.05, 0.1) is 5.69 Å². The van der Waals surface area contributed by atoms with Crippen LogP contribution in [0.15, 0.2) is 22.7 Å². The molecule has 4 heteroatoms. The first-order chi connectivity index (χ1) is 8.65. The number of thiazole rings is 1. The molecule has 1 saturated carbocycles. The third-order valence-electron chi connectivity index (χ3n) is 3.44. The minimum atomic E-state index is 0.668. The second kappa shape index (κ2) is 4.67. The van der Waals surface area contributed by atoms with Crippen LogP contribution < -0.4 is 5.73 Å². The van der Waals surface area contributed by atoms with Gasteiger partial charge in [-0.1, -0.05) is 28.1 Å². The van der Waals surface area contributed by atoms with Crippen LogP contribution in [0.3, 0.4) is 0 Å². The standard InChI is InChI=1S/C14H15BrN2S/c1-8-10(3-2-4-11(8)15)7-12-13(9-5-6-9)17-14(16)18-12/h2-4,9H,5-7H2,1H3,(H2,16,17). The third kappa shape index (κ3) is 2.31. The minimum absolute atomic E-state index is 0.668. The number of halogens is 1. The molecule has 0 atom stereocenters. The average Bonchev–Trinajstić information content (AvgIpc) is 3.10. The van der Waals surface area contributed by atoms with Crippen LogP contribution in [0.1, 0.15) is 40.5 Å². The number of nitrogen functional groups attached to an aromatic ring is 1. The SMILES string of the molecule is Cc1c(Br)cccc1Cc1sc(N)nc1C1CC1. The quantitative estimate of drug-likeness (QED) is 0.916. The van der Waals surface area contributed by atoms with Gasteiger partial charge >= 0.3 is 0 Å². The molecule has 2 N–H and O–H groups in total. The van der Waals surface area contributed by atoms with E-state index in [4.69, 9.17) is 5.73 Å². The van der Waals surface area contributed by atoms with Gasteiger partial charge in [-0.2, -0.15) is 0 Å². The predicted molar refractivity (Wildman–Crippen MR) is 80.2 cm³/mol. The summed E-state index contributed by atoms with van der Waals surface area (Å²) >= 11 is 5.23. The van der Waals surface area contributed by atoms with E-state index >= 15 is 0 Å². The summed E-state index contributed by atoms with van der Waals surface area (Å²) in [6, 6.07) is 6.36. The first-order valence-electron chi connectivity index (χ1n) is 6.14. The van der Waals surface area contributed by atoms with Gasteiger partial charge in [0.25, 0.3) is 0 Å². The maximum atomic E-state index is 5.86. The van der Waals surface area contributed by atoms with Crippen molar-refractivity contribution in [2.24, 2.45) is 0 Å². The lowest BCUT2D eigenvalue weighted by Gasteiger charge is -2.07. The molecule has 2 aromatic rings. The van der Waals surface area contributed by atoms with Crippen LogP contribution in [0.5, 0.6) is 0 Å². The van der Waals surface area contributed by atoms with Gasteiger partial charge in [-0.3, -0.25) is 0 Å². The van der Waals surface area contributed by atoms with E-state index in [0.717, 1.165) is 6.42 Å². The smallest absolute Gasteiger partial charge is 0.180 e. The summed E-state index contributed by atoms with van der Waals surface area (Å²) in [6.45, 7) is 2.15. The summed E-state index contributed by atoms with van der Waals surface area (Å²) in [7, 11) is 0. The number of hydrogen-bond donors (Lipinski definition) is 1. The zero-order valence-electron chi connectivity index (χ0n) is 10.2. The Bertz CT molecular complexity index is 587. The fourth-order valence-corrected chi connectivity index (χ4v) is 3.55. The van der Waals surface area contributed by atoms with Crippen LogP contribution in [0.2, 0.25) is 0 Å². The van der Waals surface area contributed by atoms with Crippen molar-refractivity contribution in [3.63, 3.8) is 0 Å². The maximum absolute atomic E-state index is 5.86. The molecule has 18 heavy (non-hydrogen) atoms. The zero-order chi connectivity index (χ0) is 12.7. The van der Waals surface area contributed by atoms with E-state index in [1.807, 2.05) is 0 Å². The van der Waals surface area contributed by atoms with Gasteiger partial charge in [0.2, 0.25) is 0 Å². The number of anilines is 1. The highest BCUT2D eigenvalue weighted by molar-refractivity contribution is 9.10. The third-order valence-corrected chi connectivity index (χ3v) is 5.20. The fourth-order valence-electron chi connectivity index (χ4n) is 2.20. The molecule has 0 amide bonds. The monoisotopic (exact) mass is 322 g/mol. The highest BCUT2D eigenvalue weighted by Gasteiger charge is 2.29. The summed E-state index contributed by atoms with van der Waals surface area (Å²) in [5.74, 6) is 0.668. The van der Waals surface area contributed by atoms with E-state index in [1.165, 1.54) is 39.0 Å². The number of hydrogen-bond acceptors (Lipinski definition) is 3. The molecular weight excluding hydrogens is 308 g/mol. The van der Waals surface area contributed by atoms with Gasteiger partial charge < -0.3 is 5.73 Å².